The minimum absolute atomic E-state index is 0.356. The summed E-state index contributed by atoms with van der Waals surface area (Å²) in [7, 11) is 4.76. The number of rotatable bonds is 6. The zero-order valence-corrected chi connectivity index (χ0v) is 21.0. The fourth-order valence-corrected chi connectivity index (χ4v) is 4.58. The second kappa shape index (κ2) is 10.2. The summed E-state index contributed by atoms with van der Waals surface area (Å²) in [5, 5.41) is 4.50. The molecule has 3 aromatic rings. The van der Waals surface area contributed by atoms with Gasteiger partial charge in [0.15, 0.2) is 16.3 Å². The number of aromatic nitrogens is 4. The average Bonchev–Trinajstić information content (AvgIpc) is 3.22. The van der Waals surface area contributed by atoms with E-state index in [1.165, 1.54) is 11.6 Å². The number of nitrogens with one attached hydrogen (secondary N) is 1. The van der Waals surface area contributed by atoms with E-state index in [0.717, 1.165) is 10.1 Å². The summed E-state index contributed by atoms with van der Waals surface area (Å²) in [5.74, 6) is 0.631. The Labute approximate surface area is 207 Å². The number of piperazine rings is 1. The minimum Gasteiger partial charge on any atom is -0.383 e. The van der Waals surface area contributed by atoms with Crippen LogP contribution in [0, 0.1) is 0 Å². The number of anilines is 1. The highest BCUT2D eigenvalue weighted by Crippen LogP contribution is 2.25. The van der Waals surface area contributed by atoms with Crippen LogP contribution in [-0.4, -0.2) is 75.1 Å². The normalized spacial score (nSPS) is 14.1. The molecule has 1 saturated heterocycles. The lowest BCUT2D eigenvalue weighted by atomic mass is 10.2. The van der Waals surface area contributed by atoms with Gasteiger partial charge in [0, 0.05) is 59.0 Å². The second-order valence-corrected chi connectivity index (χ2v) is 8.96. The predicted molar refractivity (Wildman–Crippen MR) is 137 cm³/mol. The molecular formula is C22H28ClN7O3S. The van der Waals surface area contributed by atoms with Crippen LogP contribution in [0.3, 0.4) is 0 Å². The van der Waals surface area contributed by atoms with Crippen molar-refractivity contribution < 1.29 is 4.74 Å². The van der Waals surface area contributed by atoms with E-state index in [4.69, 9.17) is 33.5 Å². The van der Waals surface area contributed by atoms with Crippen molar-refractivity contribution in [2.75, 3.05) is 51.3 Å². The summed E-state index contributed by atoms with van der Waals surface area (Å²) >= 11 is 11.9. The Morgan fingerprint density at radius 2 is 1.85 bits per heavy atom. The van der Waals surface area contributed by atoms with E-state index in [2.05, 4.69) is 15.1 Å². The molecule has 0 unspecified atom stereocenters. The van der Waals surface area contributed by atoms with Crippen LogP contribution < -0.4 is 21.5 Å². The Kier molecular flexibility index (Phi) is 7.24. The van der Waals surface area contributed by atoms with Gasteiger partial charge in [-0.1, -0.05) is 29.8 Å². The van der Waals surface area contributed by atoms with Gasteiger partial charge in [0.2, 0.25) is 5.95 Å². The first-order valence-electron chi connectivity index (χ1n) is 11.0. The zero-order valence-electron chi connectivity index (χ0n) is 19.5. The number of halogens is 1. The summed E-state index contributed by atoms with van der Waals surface area (Å²) in [6, 6.07) is 7.51. The molecule has 1 fully saturated rings. The maximum atomic E-state index is 13.2. The van der Waals surface area contributed by atoms with Gasteiger partial charge < -0.3 is 19.9 Å². The first-order valence-corrected chi connectivity index (χ1v) is 11.8. The number of hydrogen-bond donors (Lipinski definition) is 1. The molecule has 1 aliphatic heterocycles. The van der Waals surface area contributed by atoms with Crippen molar-refractivity contribution in [3.8, 4) is 0 Å². The Hall–Kier alpha value is -2.89. The van der Waals surface area contributed by atoms with Crippen LogP contribution in [0.25, 0.3) is 11.2 Å². The predicted octanol–water partition coefficient (Wildman–Crippen LogP) is 0.778. The van der Waals surface area contributed by atoms with E-state index in [1.807, 2.05) is 28.8 Å². The number of nitrogens with zero attached hydrogens (tertiary/aromatic N) is 6. The SMILES string of the molecule is COCCNC(=S)N1CCN(c2nc3c(c(=O)n(C)c(=O)n3C)n2Cc2ccccc2Cl)CC1. The monoisotopic (exact) mass is 505 g/mol. The molecule has 10 nitrogen and oxygen atoms in total. The number of aryl methyl sites for hydroxylation is 1. The molecule has 3 heterocycles. The maximum absolute atomic E-state index is 13.2. The minimum atomic E-state index is -0.413. The summed E-state index contributed by atoms with van der Waals surface area (Å²) in [6.07, 6.45) is 0. The van der Waals surface area contributed by atoms with E-state index < -0.39 is 5.69 Å². The summed E-state index contributed by atoms with van der Waals surface area (Å²) in [5.41, 5.74) is 0.797. The van der Waals surface area contributed by atoms with Crippen molar-refractivity contribution >= 4 is 46.0 Å². The van der Waals surface area contributed by atoms with E-state index in [-0.39, 0.29) is 5.56 Å². The molecule has 0 radical (unpaired) electrons. The Morgan fingerprint density at radius 3 is 2.53 bits per heavy atom. The molecule has 0 bridgehead atoms. The highest BCUT2D eigenvalue weighted by Gasteiger charge is 2.26. The molecule has 4 rings (SSSR count). The standard InChI is InChI=1S/C22H28ClN7O3S/c1-26-18-17(19(31)27(2)22(26)32)30(14-15-6-4-5-7-16(15)23)20(25-18)28-9-11-29(12-10-28)21(34)24-8-13-33-3/h4-7H,8-14H2,1-3H3,(H,24,34). The van der Waals surface area contributed by atoms with Crippen LogP contribution in [0.2, 0.25) is 5.02 Å². The zero-order chi connectivity index (χ0) is 24.4. The van der Waals surface area contributed by atoms with Crippen molar-refractivity contribution in [3.05, 3.63) is 55.7 Å². The Balaban J connectivity index is 1.70. The highest BCUT2D eigenvalue weighted by atomic mass is 35.5. The van der Waals surface area contributed by atoms with Gasteiger partial charge in [0.1, 0.15) is 0 Å². The number of fused-ring (bicyclic) bond motifs is 1. The number of thiocarbonyl (C=S) groups is 1. The third-order valence-electron chi connectivity index (χ3n) is 6.05. The lowest BCUT2D eigenvalue weighted by Gasteiger charge is -2.36. The van der Waals surface area contributed by atoms with Crippen molar-refractivity contribution in [3.63, 3.8) is 0 Å². The van der Waals surface area contributed by atoms with Crippen LogP contribution >= 0.6 is 23.8 Å². The molecule has 1 aliphatic rings. The fourth-order valence-electron chi connectivity index (χ4n) is 4.10. The van der Waals surface area contributed by atoms with Gasteiger partial charge in [-0.15, -0.1) is 0 Å². The smallest absolute Gasteiger partial charge is 0.332 e. The van der Waals surface area contributed by atoms with E-state index in [9.17, 15) is 9.59 Å². The molecule has 1 aromatic carbocycles. The van der Waals surface area contributed by atoms with Crippen LogP contribution in [-0.2, 0) is 25.4 Å². The molecule has 2 aromatic heterocycles. The number of imidazole rings is 1. The molecule has 34 heavy (non-hydrogen) atoms. The van der Waals surface area contributed by atoms with Gasteiger partial charge in [-0.05, 0) is 23.8 Å². The molecule has 1 N–H and O–H groups in total. The van der Waals surface area contributed by atoms with Crippen molar-refractivity contribution in [2.24, 2.45) is 14.1 Å². The van der Waals surface area contributed by atoms with E-state index >= 15 is 0 Å². The first kappa shape index (κ1) is 24.2. The topological polar surface area (TPSA) is 89.6 Å². The van der Waals surface area contributed by atoms with Crippen LogP contribution in [0.5, 0.6) is 0 Å². The maximum Gasteiger partial charge on any atom is 0.332 e. The van der Waals surface area contributed by atoms with Crippen LogP contribution in [0.1, 0.15) is 5.56 Å². The van der Waals surface area contributed by atoms with Crippen molar-refractivity contribution in [1.29, 1.82) is 0 Å². The first-order chi connectivity index (χ1) is 16.3. The van der Waals surface area contributed by atoms with Gasteiger partial charge >= 0.3 is 5.69 Å². The lowest BCUT2D eigenvalue weighted by Crippen LogP contribution is -2.52. The third kappa shape index (κ3) is 4.55. The van der Waals surface area contributed by atoms with Gasteiger partial charge in [-0.25, -0.2) is 4.79 Å². The number of benzene rings is 1. The summed E-state index contributed by atoms with van der Waals surface area (Å²) in [6.45, 7) is 4.31. The largest absolute Gasteiger partial charge is 0.383 e. The number of methoxy groups -OCH3 is 1. The quantitative estimate of drug-likeness (QED) is 0.388. The number of ether oxygens (including phenoxy) is 1. The molecular weight excluding hydrogens is 478 g/mol. The van der Waals surface area contributed by atoms with Gasteiger partial charge in [-0.2, -0.15) is 4.98 Å². The lowest BCUT2D eigenvalue weighted by molar-refractivity contribution is 0.202. The van der Waals surface area contributed by atoms with Crippen LogP contribution in [0.15, 0.2) is 33.9 Å². The molecule has 0 spiro atoms. The molecule has 0 saturated carbocycles. The molecule has 0 aliphatic carbocycles. The molecule has 0 atom stereocenters. The Morgan fingerprint density at radius 1 is 1.15 bits per heavy atom. The summed E-state index contributed by atoms with van der Waals surface area (Å²) in [4.78, 5) is 34.7. The molecule has 0 amide bonds. The van der Waals surface area contributed by atoms with Gasteiger partial charge in [0.25, 0.3) is 5.56 Å². The second-order valence-electron chi connectivity index (χ2n) is 8.17. The van der Waals surface area contributed by atoms with Crippen molar-refractivity contribution in [1.82, 2.24) is 28.9 Å². The fraction of sp³-hybridized carbons (Fsp3) is 0.455. The van der Waals surface area contributed by atoms with Crippen molar-refractivity contribution in [2.45, 2.75) is 6.54 Å². The molecule has 182 valence electrons. The average molecular weight is 506 g/mol. The molecule has 12 heteroatoms. The Bertz CT molecular complexity index is 1320. The van der Waals surface area contributed by atoms with Gasteiger partial charge in [0.05, 0.1) is 13.2 Å². The van der Waals surface area contributed by atoms with Gasteiger partial charge in [-0.3, -0.25) is 18.5 Å². The number of hydrogen-bond acceptors (Lipinski definition) is 6. The van der Waals surface area contributed by atoms with E-state index in [1.54, 1.807) is 14.2 Å². The summed E-state index contributed by atoms with van der Waals surface area (Å²) < 4.78 is 9.45. The third-order valence-corrected chi connectivity index (χ3v) is 6.82. The van der Waals surface area contributed by atoms with Crippen LogP contribution in [0.4, 0.5) is 5.95 Å². The highest BCUT2D eigenvalue weighted by molar-refractivity contribution is 7.80. The van der Waals surface area contributed by atoms with E-state index in [0.29, 0.717) is 73.1 Å².